The Hall–Kier alpha value is -0.643. The van der Waals surface area contributed by atoms with E-state index >= 15 is 0 Å². The molecule has 0 N–H and O–H groups in total. The maximum Gasteiger partial charge on any atom is 0.330 e. The highest BCUT2D eigenvalue weighted by Gasteiger charge is 2.18. The van der Waals surface area contributed by atoms with Crippen LogP contribution < -0.4 is 0 Å². The van der Waals surface area contributed by atoms with Gasteiger partial charge in [-0.25, -0.2) is 4.79 Å². The number of rotatable bonds is 22. The first-order valence-electron chi connectivity index (χ1n) is 12.4. The molecule has 172 valence electrons. The van der Waals surface area contributed by atoms with Crippen LogP contribution in [0.4, 0.5) is 4.11 Å². The third-order valence-electron chi connectivity index (χ3n) is 5.58. The van der Waals surface area contributed by atoms with Crippen LogP contribution in [0.25, 0.3) is 0 Å². The molecule has 0 saturated carbocycles. The summed E-state index contributed by atoms with van der Waals surface area (Å²) in [7, 11) is -2.29. The molecule has 0 aliphatic carbocycles. The average molecular weight is 429 g/mol. The van der Waals surface area contributed by atoms with E-state index in [1.807, 2.05) is 13.1 Å². The Balaban J connectivity index is 3.07. The molecule has 0 saturated heterocycles. The SMILES string of the molecule is C=CC(=O)OCCCCCCCCCCCCCCCCCCCC[Si](C)(C)F. The summed E-state index contributed by atoms with van der Waals surface area (Å²) >= 11 is 0. The summed E-state index contributed by atoms with van der Waals surface area (Å²) in [6, 6.07) is 0.849. The van der Waals surface area contributed by atoms with Gasteiger partial charge in [0.15, 0.2) is 0 Å². The molecule has 29 heavy (non-hydrogen) atoms. The predicted molar refractivity (Wildman–Crippen MR) is 128 cm³/mol. The molecule has 4 heteroatoms. The Morgan fingerprint density at radius 3 is 1.31 bits per heavy atom. The Kier molecular flexibility index (Phi) is 20.2. The van der Waals surface area contributed by atoms with Crippen molar-refractivity contribution in [3.05, 3.63) is 12.7 Å². The highest BCUT2D eigenvalue weighted by molar-refractivity contribution is 6.70. The summed E-state index contributed by atoms with van der Waals surface area (Å²) in [4.78, 5) is 10.9. The summed E-state index contributed by atoms with van der Waals surface area (Å²) in [5, 5.41) is 0. The summed E-state index contributed by atoms with van der Waals surface area (Å²) in [6.45, 7) is 7.57. The fourth-order valence-electron chi connectivity index (χ4n) is 3.71. The summed E-state index contributed by atoms with van der Waals surface area (Å²) < 4.78 is 18.4. The van der Waals surface area contributed by atoms with Crippen LogP contribution in [0.2, 0.25) is 19.1 Å². The molecule has 0 spiro atoms. The number of esters is 1. The van der Waals surface area contributed by atoms with Crippen LogP contribution >= 0.6 is 0 Å². The smallest absolute Gasteiger partial charge is 0.330 e. The second kappa shape index (κ2) is 20.6. The summed E-state index contributed by atoms with van der Waals surface area (Å²) in [6.07, 6.45) is 24.7. The number of hydrogen-bond donors (Lipinski definition) is 0. The predicted octanol–water partition coefficient (Wildman–Crippen LogP) is 8.91. The van der Waals surface area contributed by atoms with Crippen molar-refractivity contribution in [2.24, 2.45) is 0 Å². The van der Waals surface area contributed by atoms with Crippen LogP contribution in [0.5, 0.6) is 0 Å². The van der Waals surface area contributed by atoms with Gasteiger partial charge < -0.3 is 8.84 Å². The van der Waals surface area contributed by atoms with Crippen LogP contribution in [0.1, 0.15) is 116 Å². The molecule has 0 aromatic rings. The first-order valence-corrected chi connectivity index (χ1v) is 15.5. The van der Waals surface area contributed by atoms with E-state index in [4.69, 9.17) is 4.74 Å². The van der Waals surface area contributed by atoms with Gasteiger partial charge in [-0.1, -0.05) is 116 Å². The van der Waals surface area contributed by atoms with Gasteiger partial charge in [-0.3, -0.25) is 0 Å². The van der Waals surface area contributed by atoms with Crippen LogP contribution in [0, 0.1) is 0 Å². The Morgan fingerprint density at radius 2 is 1.00 bits per heavy atom. The molecular formula is C25H49FO2Si. The lowest BCUT2D eigenvalue weighted by Gasteiger charge is -2.09. The number of halogens is 1. The lowest BCUT2D eigenvalue weighted by Crippen LogP contribution is -2.16. The maximum atomic E-state index is 13.5. The fourth-order valence-corrected chi connectivity index (χ4v) is 4.80. The van der Waals surface area contributed by atoms with Crippen LogP contribution in [0.3, 0.4) is 0 Å². The number of carbonyl (C=O) groups is 1. The van der Waals surface area contributed by atoms with Crippen molar-refractivity contribution in [2.45, 2.75) is 135 Å². The zero-order valence-corrected chi connectivity index (χ0v) is 20.6. The molecule has 0 aromatic heterocycles. The number of ether oxygens (including phenoxy) is 1. The van der Waals surface area contributed by atoms with E-state index in [-0.39, 0.29) is 5.97 Å². The van der Waals surface area contributed by atoms with Gasteiger partial charge in [-0.2, -0.15) is 0 Å². The fraction of sp³-hybridized carbons (Fsp3) is 0.880. The zero-order valence-electron chi connectivity index (χ0n) is 19.6. The second-order valence-electron chi connectivity index (χ2n) is 9.20. The molecule has 0 unspecified atom stereocenters. The standard InChI is InChI=1S/C25H49FO2Si/c1-4-25(27)28-23-21-19-17-15-13-11-9-7-5-6-8-10-12-14-16-18-20-22-24-29(2,3)26/h4H,1,5-24H2,2-3H3. The lowest BCUT2D eigenvalue weighted by atomic mass is 10.0. The molecule has 2 nitrogen and oxygen atoms in total. The molecule has 0 radical (unpaired) electrons. The third kappa shape index (κ3) is 25.3. The molecule has 0 aromatic carbocycles. The van der Waals surface area contributed by atoms with E-state index in [1.54, 1.807) is 0 Å². The van der Waals surface area contributed by atoms with Crippen molar-refractivity contribution in [3.63, 3.8) is 0 Å². The van der Waals surface area contributed by atoms with Crippen molar-refractivity contribution in [1.29, 1.82) is 0 Å². The first-order chi connectivity index (χ1) is 14.0. The van der Waals surface area contributed by atoms with Gasteiger partial charge >= 0.3 is 5.97 Å². The highest BCUT2D eigenvalue weighted by Crippen LogP contribution is 2.18. The Bertz CT molecular complexity index is 380. The van der Waals surface area contributed by atoms with Gasteiger partial charge in [0.05, 0.1) is 6.61 Å². The van der Waals surface area contributed by atoms with E-state index in [2.05, 4.69) is 6.58 Å². The van der Waals surface area contributed by atoms with Crippen molar-refractivity contribution >= 4 is 14.4 Å². The van der Waals surface area contributed by atoms with Crippen LogP contribution in [-0.4, -0.2) is 21.0 Å². The van der Waals surface area contributed by atoms with Gasteiger partial charge in [0.25, 0.3) is 0 Å². The molecule has 0 aliphatic rings. The largest absolute Gasteiger partial charge is 0.463 e. The number of hydrogen-bond acceptors (Lipinski definition) is 2. The van der Waals surface area contributed by atoms with Gasteiger partial charge in [-0.15, -0.1) is 0 Å². The van der Waals surface area contributed by atoms with E-state index in [1.165, 1.54) is 102 Å². The van der Waals surface area contributed by atoms with Gasteiger partial charge in [0.2, 0.25) is 8.41 Å². The minimum absolute atomic E-state index is 0.308. The minimum Gasteiger partial charge on any atom is -0.463 e. The van der Waals surface area contributed by atoms with Crippen molar-refractivity contribution < 1.29 is 13.6 Å². The van der Waals surface area contributed by atoms with E-state index in [9.17, 15) is 8.90 Å². The van der Waals surface area contributed by atoms with E-state index in [0.29, 0.717) is 6.61 Å². The highest BCUT2D eigenvalue weighted by atomic mass is 28.4. The van der Waals surface area contributed by atoms with Crippen molar-refractivity contribution in [3.8, 4) is 0 Å². The maximum absolute atomic E-state index is 13.5. The van der Waals surface area contributed by atoms with Crippen molar-refractivity contribution in [1.82, 2.24) is 0 Å². The van der Waals surface area contributed by atoms with E-state index in [0.717, 1.165) is 25.3 Å². The van der Waals surface area contributed by atoms with Crippen LogP contribution in [0.15, 0.2) is 12.7 Å². The van der Waals surface area contributed by atoms with Gasteiger partial charge in [0.1, 0.15) is 0 Å². The Labute approximate surface area is 182 Å². The molecule has 0 heterocycles. The molecule has 0 rings (SSSR count). The molecule has 0 atom stereocenters. The Morgan fingerprint density at radius 1 is 0.690 bits per heavy atom. The number of carbonyl (C=O) groups excluding carboxylic acids is 1. The zero-order chi connectivity index (χ0) is 21.6. The van der Waals surface area contributed by atoms with Gasteiger partial charge in [-0.05, 0) is 25.6 Å². The molecule has 0 amide bonds. The van der Waals surface area contributed by atoms with Crippen LogP contribution in [-0.2, 0) is 9.53 Å². The topological polar surface area (TPSA) is 26.3 Å². The average Bonchev–Trinajstić information content (AvgIpc) is 2.68. The summed E-state index contributed by atoms with van der Waals surface area (Å²) in [5.74, 6) is -0.308. The molecule has 0 aliphatic heterocycles. The number of unbranched alkanes of at least 4 members (excludes halogenated alkanes) is 17. The minimum atomic E-state index is -2.29. The second-order valence-corrected chi connectivity index (χ2v) is 13.1. The quantitative estimate of drug-likeness (QED) is 0.0565. The normalized spacial score (nSPS) is 11.6. The first kappa shape index (κ1) is 28.4. The van der Waals surface area contributed by atoms with E-state index < -0.39 is 8.41 Å². The molecular weight excluding hydrogens is 379 g/mol. The molecule has 0 fully saturated rings. The molecule has 0 bridgehead atoms. The third-order valence-corrected chi connectivity index (χ3v) is 7.12. The lowest BCUT2D eigenvalue weighted by molar-refractivity contribution is -0.137. The summed E-state index contributed by atoms with van der Waals surface area (Å²) in [5.41, 5.74) is 0. The monoisotopic (exact) mass is 428 g/mol. The van der Waals surface area contributed by atoms with Crippen molar-refractivity contribution in [2.75, 3.05) is 6.61 Å². The van der Waals surface area contributed by atoms with Gasteiger partial charge in [0, 0.05) is 6.08 Å².